The molecular weight excluding hydrogens is 313 g/mol. The highest BCUT2D eigenvalue weighted by atomic mass is 79.9. The molecular formula is C10H11BrFNO3S. The van der Waals surface area contributed by atoms with Crippen molar-refractivity contribution in [3.63, 3.8) is 0 Å². The topological polar surface area (TPSA) is 63.2 Å². The van der Waals surface area contributed by atoms with E-state index < -0.39 is 21.6 Å². The maximum atomic E-state index is 13.5. The highest BCUT2D eigenvalue weighted by molar-refractivity contribution is 9.10. The fourth-order valence-electron chi connectivity index (χ4n) is 1.12. The van der Waals surface area contributed by atoms with Crippen molar-refractivity contribution in [3.05, 3.63) is 34.1 Å². The first-order valence-corrected chi connectivity index (χ1v) is 7.56. The monoisotopic (exact) mass is 323 g/mol. The van der Waals surface area contributed by atoms with Crippen LogP contribution in [0.5, 0.6) is 0 Å². The van der Waals surface area contributed by atoms with E-state index in [1.807, 2.05) is 0 Å². The zero-order chi connectivity index (χ0) is 13.1. The molecule has 7 heteroatoms. The van der Waals surface area contributed by atoms with Gasteiger partial charge in [-0.3, -0.25) is 4.79 Å². The van der Waals surface area contributed by atoms with Crippen molar-refractivity contribution in [2.24, 2.45) is 0 Å². The molecule has 0 radical (unpaired) electrons. The molecule has 0 aromatic heterocycles. The second-order valence-electron chi connectivity index (χ2n) is 3.49. The van der Waals surface area contributed by atoms with Crippen LogP contribution < -0.4 is 5.32 Å². The van der Waals surface area contributed by atoms with E-state index in [0.29, 0.717) is 0 Å². The van der Waals surface area contributed by atoms with Crippen molar-refractivity contribution in [1.82, 2.24) is 5.32 Å². The molecule has 1 rings (SSSR count). The van der Waals surface area contributed by atoms with Crippen molar-refractivity contribution in [3.8, 4) is 0 Å². The average Bonchev–Trinajstić information content (AvgIpc) is 2.20. The van der Waals surface area contributed by atoms with E-state index in [1.165, 1.54) is 18.2 Å². The van der Waals surface area contributed by atoms with Gasteiger partial charge in [-0.25, -0.2) is 12.8 Å². The number of carbonyl (C=O) groups is 1. The Hall–Kier alpha value is -0.950. The summed E-state index contributed by atoms with van der Waals surface area (Å²) in [5.41, 5.74) is -0.118. The molecule has 0 saturated heterocycles. The zero-order valence-electron chi connectivity index (χ0n) is 9.04. The highest BCUT2D eigenvalue weighted by Crippen LogP contribution is 2.18. The molecule has 0 aliphatic rings. The van der Waals surface area contributed by atoms with Gasteiger partial charge in [-0.15, -0.1) is 0 Å². The first kappa shape index (κ1) is 14.1. The number of nitrogens with one attached hydrogen (secondary N) is 1. The van der Waals surface area contributed by atoms with Gasteiger partial charge in [0.1, 0.15) is 15.7 Å². The molecule has 4 nitrogen and oxygen atoms in total. The molecule has 0 bridgehead atoms. The van der Waals surface area contributed by atoms with Crippen LogP contribution in [0.4, 0.5) is 4.39 Å². The molecule has 0 aliphatic heterocycles. The Labute approximate surface area is 107 Å². The summed E-state index contributed by atoms with van der Waals surface area (Å²) in [6, 6.07) is 4.33. The van der Waals surface area contributed by atoms with Crippen LogP contribution in [0.1, 0.15) is 10.4 Å². The lowest BCUT2D eigenvalue weighted by atomic mass is 10.2. The van der Waals surface area contributed by atoms with Crippen LogP contribution in [0.15, 0.2) is 22.7 Å². The third-order valence-corrected chi connectivity index (χ3v) is 3.51. The molecule has 1 aromatic rings. The third kappa shape index (κ3) is 4.43. The van der Waals surface area contributed by atoms with E-state index in [2.05, 4.69) is 21.2 Å². The Morgan fingerprint density at radius 3 is 2.71 bits per heavy atom. The molecule has 94 valence electrons. The summed E-state index contributed by atoms with van der Waals surface area (Å²) < 4.78 is 35.4. The number of carbonyl (C=O) groups excluding carboxylic acids is 1. The van der Waals surface area contributed by atoms with Crippen LogP contribution in [0.2, 0.25) is 0 Å². The minimum atomic E-state index is -3.14. The average molecular weight is 324 g/mol. The lowest BCUT2D eigenvalue weighted by Crippen LogP contribution is -2.29. The Kier molecular flexibility index (Phi) is 4.64. The second-order valence-corrected chi connectivity index (χ2v) is 6.60. The quantitative estimate of drug-likeness (QED) is 0.910. The van der Waals surface area contributed by atoms with Gasteiger partial charge in [0.15, 0.2) is 0 Å². The fraction of sp³-hybridized carbons (Fsp3) is 0.300. The Bertz CT molecular complexity index is 530. The summed E-state index contributed by atoms with van der Waals surface area (Å²) in [6.45, 7) is -0.0381. The van der Waals surface area contributed by atoms with Crippen LogP contribution in [-0.4, -0.2) is 32.9 Å². The van der Waals surface area contributed by atoms with Crippen molar-refractivity contribution < 1.29 is 17.6 Å². The summed E-state index contributed by atoms with van der Waals surface area (Å²) in [7, 11) is -3.14. The van der Waals surface area contributed by atoms with Crippen molar-refractivity contribution in [2.45, 2.75) is 0 Å². The van der Waals surface area contributed by atoms with E-state index in [9.17, 15) is 17.6 Å². The highest BCUT2D eigenvalue weighted by Gasteiger charge is 2.13. The van der Waals surface area contributed by atoms with Gasteiger partial charge in [0.05, 0.1) is 15.8 Å². The van der Waals surface area contributed by atoms with Crippen molar-refractivity contribution >= 4 is 31.7 Å². The lowest BCUT2D eigenvalue weighted by molar-refractivity contribution is 0.0952. The molecule has 0 spiro atoms. The van der Waals surface area contributed by atoms with Gasteiger partial charge < -0.3 is 5.32 Å². The smallest absolute Gasteiger partial charge is 0.254 e. The Balaban J connectivity index is 2.68. The van der Waals surface area contributed by atoms with E-state index in [-0.39, 0.29) is 22.3 Å². The number of hydrogen-bond donors (Lipinski definition) is 1. The molecule has 0 heterocycles. The van der Waals surface area contributed by atoms with Crippen LogP contribution in [-0.2, 0) is 9.84 Å². The summed E-state index contributed by atoms with van der Waals surface area (Å²) in [5, 5.41) is 2.34. The van der Waals surface area contributed by atoms with Crippen molar-refractivity contribution in [2.75, 3.05) is 18.6 Å². The predicted molar refractivity (Wildman–Crippen MR) is 66.1 cm³/mol. The first-order valence-electron chi connectivity index (χ1n) is 4.71. The summed E-state index contributed by atoms with van der Waals surface area (Å²) in [5.74, 6) is -1.47. The van der Waals surface area contributed by atoms with Gasteiger partial charge >= 0.3 is 0 Å². The maximum absolute atomic E-state index is 13.5. The van der Waals surface area contributed by atoms with Gasteiger partial charge in [-0.2, -0.15) is 0 Å². The number of amides is 1. The largest absolute Gasteiger partial charge is 0.351 e. The lowest BCUT2D eigenvalue weighted by Gasteiger charge is -2.06. The first-order chi connectivity index (χ1) is 7.81. The van der Waals surface area contributed by atoms with Crippen LogP contribution >= 0.6 is 15.9 Å². The molecule has 1 aromatic carbocycles. The molecule has 0 aliphatic carbocycles. The Morgan fingerprint density at radius 2 is 2.12 bits per heavy atom. The summed E-state index contributed by atoms with van der Waals surface area (Å²) in [4.78, 5) is 11.5. The van der Waals surface area contributed by atoms with Crippen LogP contribution in [0.25, 0.3) is 0 Å². The van der Waals surface area contributed by atoms with Crippen LogP contribution in [0.3, 0.4) is 0 Å². The van der Waals surface area contributed by atoms with Crippen LogP contribution in [0, 0.1) is 5.82 Å². The number of sulfone groups is 1. The van der Waals surface area contributed by atoms with E-state index in [4.69, 9.17) is 0 Å². The van der Waals surface area contributed by atoms with Gasteiger partial charge in [-0.05, 0) is 28.1 Å². The zero-order valence-corrected chi connectivity index (χ0v) is 11.4. The minimum absolute atomic E-state index is 0.0381. The second kappa shape index (κ2) is 5.59. The standard InChI is InChI=1S/C10H11BrFNO3S/c1-17(15,16)6-5-13-10(14)7-3-2-4-8(11)9(7)12/h2-4H,5-6H2,1H3,(H,13,14). The van der Waals surface area contributed by atoms with Crippen molar-refractivity contribution in [1.29, 1.82) is 0 Å². The maximum Gasteiger partial charge on any atom is 0.254 e. The minimum Gasteiger partial charge on any atom is -0.351 e. The number of hydrogen-bond acceptors (Lipinski definition) is 3. The molecule has 0 unspecified atom stereocenters. The summed E-state index contributed by atoms with van der Waals surface area (Å²) >= 11 is 2.96. The number of benzene rings is 1. The Morgan fingerprint density at radius 1 is 1.47 bits per heavy atom. The van der Waals surface area contributed by atoms with Gasteiger partial charge in [0.2, 0.25) is 0 Å². The molecule has 1 N–H and O–H groups in total. The predicted octanol–water partition coefficient (Wildman–Crippen LogP) is 1.36. The van der Waals surface area contributed by atoms with Gasteiger partial charge in [0.25, 0.3) is 5.91 Å². The SMILES string of the molecule is CS(=O)(=O)CCNC(=O)c1cccc(Br)c1F. The molecule has 0 fully saturated rings. The molecule has 0 atom stereocenters. The van der Waals surface area contributed by atoms with E-state index in [1.54, 1.807) is 0 Å². The van der Waals surface area contributed by atoms with E-state index in [0.717, 1.165) is 6.26 Å². The molecule has 0 saturated carbocycles. The normalized spacial score (nSPS) is 11.2. The van der Waals surface area contributed by atoms with E-state index >= 15 is 0 Å². The number of rotatable bonds is 4. The number of halogens is 2. The molecule has 1 amide bonds. The molecule has 17 heavy (non-hydrogen) atoms. The third-order valence-electron chi connectivity index (χ3n) is 1.95. The van der Waals surface area contributed by atoms with Gasteiger partial charge in [-0.1, -0.05) is 6.07 Å². The summed E-state index contributed by atoms with van der Waals surface area (Å²) in [6.07, 6.45) is 1.07. The fourth-order valence-corrected chi connectivity index (χ4v) is 1.96. The van der Waals surface area contributed by atoms with Gasteiger partial charge in [0, 0.05) is 12.8 Å².